The number of rotatable bonds is 4. The minimum atomic E-state index is 0.928. The summed E-state index contributed by atoms with van der Waals surface area (Å²) in [5, 5.41) is 2.19. The van der Waals surface area contributed by atoms with Gasteiger partial charge in [-0.05, 0) is 30.5 Å². The summed E-state index contributed by atoms with van der Waals surface area (Å²) in [6, 6.07) is 2.21. The summed E-state index contributed by atoms with van der Waals surface area (Å²) in [5.74, 6) is 0.928. The van der Waals surface area contributed by atoms with Gasteiger partial charge in [0.15, 0.2) is 0 Å². The van der Waals surface area contributed by atoms with Crippen LogP contribution >= 0.6 is 11.3 Å². The molecule has 2 aliphatic heterocycles. The van der Waals surface area contributed by atoms with Gasteiger partial charge in [0.25, 0.3) is 0 Å². The SMILES string of the molecule is CCN1CCN(c2ncc3c(n2)CCN(Cc2sccc2C)C3)CC1. The van der Waals surface area contributed by atoms with Crippen molar-refractivity contribution in [3.8, 4) is 0 Å². The number of nitrogens with zero attached hydrogens (tertiary/aromatic N) is 5. The van der Waals surface area contributed by atoms with Crippen LogP contribution in [0.25, 0.3) is 0 Å². The van der Waals surface area contributed by atoms with Crippen LogP contribution < -0.4 is 4.90 Å². The van der Waals surface area contributed by atoms with Gasteiger partial charge < -0.3 is 9.80 Å². The molecular formula is C19H27N5S. The molecule has 25 heavy (non-hydrogen) atoms. The number of thiophene rings is 1. The molecular weight excluding hydrogens is 330 g/mol. The molecule has 4 rings (SSSR count). The zero-order valence-corrected chi connectivity index (χ0v) is 16.1. The van der Waals surface area contributed by atoms with Crippen molar-refractivity contribution in [3.63, 3.8) is 0 Å². The van der Waals surface area contributed by atoms with Gasteiger partial charge in [-0.2, -0.15) is 0 Å². The summed E-state index contributed by atoms with van der Waals surface area (Å²) in [7, 11) is 0. The number of hydrogen-bond donors (Lipinski definition) is 0. The second kappa shape index (κ2) is 7.40. The van der Waals surface area contributed by atoms with Crippen LogP contribution in [0.5, 0.6) is 0 Å². The zero-order valence-electron chi connectivity index (χ0n) is 15.2. The molecule has 1 fully saturated rings. The van der Waals surface area contributed by atoms with E-state index in [0.29, 0.717) is 0 Å². The Balaban J connectivity index is 1.42. The maximum absolute atomic E-state index is 4.91. The molecule has 0 amide bonds. The van der Waals surface area contributed by atoms with Gasteiger partial charge in [-0.1, -0.05) is 6.92 Å². The quantitative estimate of drug-likeness (QED) is 0.840. The van der Waals surface area contributed by atoms with Gasteiger partial charge >= 0.3 is 0 Å². The molecule has 0 N–H and O–H groups in total. The molecule has 0 unspecified atom stereocenters. The van der Waals surface area contributed by atoms with Crippen molar-refractivity contribution in [3.05, 3.63) is 39.3 Å². The monoisotopic (exact) mass is 357 g/mol. The van der Waals surface area contributed by atoms with Gasteiger partial charge in [0.1, 0.15) is 0 Å². The molecule has 0 spiro atoms. The Morgan fingerprint density at radius 2 is 1.96 bits per heavy atom. The maximum atomic E-state index is 4.91. The lowest BCUT2D eigenvalue weighted by atomic mass is 10.1. The first kappa shape index (κ1) is 16.9. The molecule has 6 heteroatoms. The van der Waals surface area contributed by atoms with Crippen molar-refractivity contribution in [2.75, 3.05) is 44.2 Å². The molecule has 1 saturated heterocycles. The van der Waals surface area contributed by atoms with Crippen LogP contribution in [0.1, 0.15) is 28.6 Å². The normalized spacial score (nSPS) is 19.2. The van der Waals surface area contributed by atoms with Crippen LogP contribution in [-0.4, -0.2) is 59.0 Å². The molecule has 0 bridgehead atoms. The molecule has 134 valence electrons. The third-order valence-electron chi connectivity index (χ3n) is 5.44. The Bertz CT molecular complexity index is 720. The second-order valence-corrected chi connectivity index (χ2v) is 8.05. The highest BCUT2D eigenvalue weighted by molar-refractivity contribution is 7.10. The molecule has 2 aromatic heterocycles. The zero-order chi connectivity index (χ0) is 17.2. The fourth-order valence-corrected chi connectivity index (χ4v) is 4.63. The smallest absolute Gasteiger partial charge is 0.225 e. The third-order valence-corrected chi connectivity index (χ3v) is 6.45. The Morgan fingerprint density at radius 1 is 1.12 bits per heavy atom. The van der Waals surface area contributed by atoms with E-state index in [9.17, 15) is 0 Å². The molecule has 0 radical (unpaired) electrons. The summed E-state index contributed by atoms with van der Waals surface area (Å²) < 4.78 is 0. The predicted octanol–water partition coefficient (Wildman–Crippen LogP) is 2.55. The Kier molecular flexibility index (Phi) is 5.01. The molecule has 2 aliphatic rings. The van der Waals surface area contributed by atoms with E-state index in [4.69, 9.17) is 4.98 Å². The first-order valence-corrected chi connectivity index (χ1v) is 10.2. The highest BCUT2D eigenvalue weighted by Crippen LogP contribution is 2.24. The van der Waals surface area contributed by atoms with E-state index in [2.05, 4.69) is 51.2 Å². The maximum Gasteiger partial charge on any atom is 0.225 e. The fourth-order valence-electron chi connectivity index (χ4n) is 3.68. The van der Waals surface area contributed by atoms with E-state index >= 15 is 0 Å². The highest BCUT2D eigenvalue weighted by Gasteiger charge is 2.22. The van der Waals surface area contributed by atoms with Gasteiger partial charge in [-0.25, -0.2) is 9.97 Å². The number of anilines is 1. The summed E-state index contributed by atoms with van der Waals surface area (Å²) in [6.07, 6.45) is 3.10. The number of aryl methyl sites for hydroxylation is 1. The molecule has 5 nitrogen and oxygen atoms in total. The summed E-state index contributed by atoms with van der Waals surface area (Å²) in [5.41, 5.74) is 3.96. The van der Waals surface area contributed by atoms with Crippen molar-refractivity contribution in [1.82, 2.24) is 19.8 Å². The standard InChI is InChI=1S/C19H27N5S/c1-3-22-7-9-24(10-8-22)19-20-12-16-13-23(6-4-17(16)21-19)14-18-15(2)5-11-25-18/h5,11-12H,3-4,6-10,13-14H2,1-2H3. The van der Waals surface area contributed by atoms with Crippen molar-refractivity contribution in [2.45, 2.75) is 33.4 Å². The van der Waals surface area contributed by atoms with Gasteiger partial charge in [-0.15, -0.1) is 11.3 Å². The van der Waals surface area contributed by atoms with Crippen molar-refractivity contribution in [2.24, 2.45) is 0 Å². The summed E-state index contributed by atoms with van der Waals surface area (Å²) >= 11 is 1.86. The molecule has 0 saturated carbocycles. The Labute approximate surface area is 154 Å². The van der Waals surface area contributed by atoms with Crippen LogP contribution in [0.3, 0.4) is 0 Å². The van der Waals surface area contributed by atoms with Crippen LogP contribution in [-0.2, 0) is 19.5 Å². The minimum Gasteiger partial charge on any atom is -0.338 e. The van der Waals surface area contributed by atoms with E-state index in [1.165, 1.54) is 21.7 Å². The lowest BCUT2D eigenvalue weighted by Gasteiger charge is -2.35. The van der Waals surface area contributed by atoms with Crippen LogP contribution in [0.15, 0.2) is 17.6 Å². The number of fused-ring (bicyclic) bond motifs is 1. The molecule has 0 atom stereocenters. The molecule has 0 aromatic carbocycles. The average molecular weight is 358 g/mol. The number of aromatic nitrogens is 2. The summed E-state index contributed by atoms with van der Waals surface area (Å²) in [6.45, 7) is 13.0. The summed E-state index contributed by atoms with van der Waals surface area (Å²) in [4.78, 5) is 18.4. The lowest BCUT2D eigenvalue weighted by Crippen LogP contribution is -2.47. The lowest BCUT2D eigenvalue weighted by molar-refractivity contribution is 0.244. The van der Waals surface area contributed by atoms with E-state index < -0.39 is 0 Å². The van der Waals surface area contributed by atoms with Crippen LogP contribution in [0.4, 0.5) is 5.95 Å². The highest BCUT2D eigenvalue weighted by atomic mass is 32.1. The second-order valence-electron chi connectivity index (χ2n) is 7.05. The van der Waals surface area contributed by atoms with Crippen LogP contribution in [0, 0.1) is 6.92 Å². The Hall–Kier alpha value is -1.50. The predicted molar refractivity (Wildman–Crippen MR) is 103 cm³/mol. The van der Waals surface area contributed by atoms with Gasteiger partial charge in [0.05, 0.1) is 5.69 Å². The Morgan fingerprint density at radius 3 is 2.68 bits per heavy atom. The van der Waals surface area contributed by atoms with Gasteiger partial charge in [-0.3, -0.25) is 4.90 Å². The topological polar surface area (TPSA) is 35.5 Å². The van der Waals surface area contributed by atoms with E-state index in [-0.39, 0.29) is 0 Å². The van der Waals surface area contributed by atoms with Gasteiger partial charge in [0.2, 0.25) is 5.95 Å². The molecule has 0 aliphatic carbocycles. The number of hydrogen-bond acceptors (Lipinski definition) is 6. The number of piperazine rings is 1. The van der Waals surface area contributed by atoms with Crippen LogP contribution in [0.2, 0.25) is 0 Å². The van der Waals surface area contributed by atoms with Crippen molar-refractivity contribution in [1.29, 1.82) is 0 Å². The first-order chi connectivity index (χ1) is 12.2. The number of likely N-dealkylation sites (N-methyl/N-ethyl adjacent to an activating group) is 1. The first-order valence-electron chi connectivity index (χ1n) is 9.30. The van der Waals surface area contributed by atoms with Gasteiger partial charge in [0, 0.05) is 68.9 Å². The van der Waals surface area contributed by atoms with E-state index in [0.717, 1.165) is 64.7 Å². The van der Waals surface area contributed by atoms with E-state index in [1.54, 1.807) is 0 Å². The largest absolute Gasteiger partial charge is 0.338 e. The molecule has 4 heterocycles. The van der Waals surface area contributed by atoms with Crippen molar-refractivity contribution < 1.29 is 0 Å². The fraction of sp³-hybridized carbons (Fsp3) is 0.579. The van der Waals surface area contributed by atoms with E-state index in [1.807, 2.05) is 11.3 Å². The average Bonchev–Trinajstić information content (AvgIpc) is 3.06. The molecule has 2 aromatic rings. The third kappa shape index (κ3) is 3.71. The minimum absolute atomic E-state index is 0.928. The van der Waals surface area contributed by atoms with Crippen molar-refractivity contribution >= 4 is 17.3 Å².